The van der Waals surface area contributed by atoms with Crippen molar-refractivity contribution in [3.8, 4) is 0 Å². The number of nitrogens with zero attached hydrogens (tertiary/aromatic N) is 5. The third-order valence-electron chi connectivity index (χ3n) is 8.72. The number of hydrogen-bond acceptors (Lipinski definition) is 8. The number of likely N-dealkylation sites (tertiary alicyclic amines) is 2. The number of amides is 1. The first kappa shape index (κ1) is 29.1. The first-order valence-corrected chi connectivity index (χ1v) is 16.4. The molecule has 2 aliphatic heterocycles. The van der Waals surface area contributed by atoms with Gasteiger partial charge in [0.15, 0.2) is 0 Å². The van der Waals surface area contributed by atoms with Gasteiger partial charge in [-0.3, -0.25) is 9.78 Å². The zero-order valence-corrected chi connectivity index (χ0v) is 25.4. The van der Waals surface area contributed by atoms with Crippen molar-refractivity contribution >= 4 is 29.2 Å². The maximum absolute atomic E-state index is 12.4. The van der Waals surface area contributed by atoms with Crippen LogP contribution in [0.5, 0.6) is 0 Å². The number of thioether (sulfide) groups is 1. The third-order valence-corrected chi connectivity index (χ3v) is 9.69. The number of rotatable bonds is 12. The van der Waals surface area contributed by atoms with Crippen LogP contribution in [0.15, 0.2) is 30.7 Å². The number of hydrogen-bond donors (Lipinski definition) is 2. The van der Waals surface area contributed by atoms with Crippen LogP contribution in [0.3, 0.4) is 0 Å². The number of nitrogens with one attached hydrogen (secondary N) is 2. The van der Waals surface area contributed by atoms with Crippen LogP contribution in [0.2, 0.25) is 0 Å². The molecule has 4 heterocycles. The van der Waals surface area contributed by atoms with Crippen LogP contribution < -0.4 is 10.6 Å². The first-order chi connectivity index (χ1) is 19.4. The van der Waals surface area contributed by atoms with Crippen molar-refractivity contribution in [2.24, 2.45) is 5.92 Å². The smallest absolute Gasteiger partial charge is 0.225 e. The molecule has 2 aromatic heterocycles. The number of carbonyl (C=O) groups excluding carboxylic acids is 1. The summed E-state index contributed by atoms with van der Waals surface area (Å²) < 4.78 is 0. The monoisotopic (exact) mass is 565 g/mol. The van der Waals surface area contributed by atoms with E-state index >= 15 is 0 Å². The molecule has 0 radical (unpaired) electrons. The largest absolute Gasteiger partial charge is 0.382 e. The molecule has 9 heteroatoms. The molecule has 0 spiro atoms. The Bertz CT molecular complexity index is 1110. The fourth-order valence-electron chi connectivity index (χ4n) is 5.75. The molecule has 0 unspecified atom stereocenters. The molecule has 218 valence electrons. The fraction of sp³-hybridized carbons (Fsp3) is 0.677. The Morgan fingerprint density at radius 1 is 0.950 bits per heavy atom. The summed E-state index contributed by atoms with van der Waals surface area (Å²) in [5.41, 5.74) is 3.36. The molecule has 1 aliphatic carbocycles. The maximum atomic E-state index is 12.4. The van der Waals surface area contributed by atoms with Crippen molar-refractivity contribution in [2.75, 3.05) is 54.9 Å². The van der Waals surface area contributed by atoms with E-state index in [4.69, 9.17) is 4.98 Å². The molecule has 2 aromatic rings. The molecule has 8 nitrogen and oxygen atoms in total. The van der Waals surface area contributed by atoms with Gasteiger partial charge < -0.3 is 20.4 Å². The lowest BCUT2D eigenvalue weighted by molar-refractivity contribution is -0.133. The number of carbonyl (C=O) groups is 1. The van der Waals surface area contributed by atoms with E-state index in [1.807, 2.05) is 19.2 Å². The van der Waals surface area contributed by atoms with Crippen LogP contribution in [0, 0.1) is 12.8 Å². The highest BCUT2D eigenvalue weighted by Crippen LogP contribution is 2.33. The summed E-state index contributed by atoms with van der Waals surface area (Å²) in [6, 6.07) is 7.28. The van der Waals surface area contributed by atoms with Gasteiger partial charge in [0.05, 0.1) is 0 Å². The van der Waals surface area contributed by atoms with Gasteiger partial charge in [0.2, 0.25) is 5.91 Å². The van der Waals surface area contributed by atoms with Gasteiger partial charge in [0.1, 0.15) is 12.1 Å². The summed E-state index contributed by atoms with van der Waals surface area (Å²) in [5, 5.41) is 7.31. The molecule has 2 N–H and O–H groups in total. The van der Waals surface area contributed by atoms with Crippen molar-refractivity contribution in [1.82, 2.24) is 24.8 Å². The van der Waals surface area contributed by atoms with Crippen LogP contribution in [0.25, 0.3) is 0 Å². The Balaban J connectivity index is 0.978. The summed E-state index contributed by atoms with van der Waals surface area (Å²) in [6.07, 6.45) is 11.2. The van der Waals surface area contributed by atoms with Crippen LogP contribution in [-0.4, -0.2) is 87.0 Å². The topological polar surface area (TPSA) is 86.3 Å². The second-order valence-corrected chi connectivity index (χ2v) is 13.7. The average molecular weight is 566 g/mol. The molecule has 0 bridgehead atoms. The van der Waals surface area contributed by atoms with E-state index in [2.05, 4.69) is 68.1 Å². The molecular formula is C31H47N7OS. The van der Waals surface area contributed by atoms with E-state index in [0.717, 1.165) is 106 Å². The Morgan fingerprint density at radius 3 is 2.40 bits per heavy atom. The molecule has 2 saturated heterocycles. The number of aryl methyl sites for hydroxylation is 1. The van der Waals surface area contributed by atoms with Gasteiger partial charge in [-0.1, -0.05) is 13.8 Å². The highest BCUT2D eigenvalue weighted by Gasteiger charge is 2.35. The fourth-order valence-corrected chi connectivity index (χ4v) is 7.00. The zero-order valence-electron chi connectivity index (χ0n) is 24.6. The molecule has 1 saturated carbocycles. The van der Waals surface area contributed by atoms with E-state index in [0.29, 0.717) is 23.9 Å². The zero-order chi connectivity index (χ0) is 28.0. The SMILES string of the molecule is Cc1cc(NC2CCN(CCSCCC(C)(C)c3cc(NC4CCN(C(=O)C5CC5)CC4)ccn3)CC2)ncn1. The number of anilines is 2. The lowest BCUT2D eigenvalue weighted by Gasteiger charge is -2.33. The molecule has 3 aliphatic rings. The van der Waals surface area contributed by atoms with Gasteiger partial charge in [-0.25, -0.2) is 9.97 Å². The van der Waals surface area contributed by atoms with Gasteiger partial charge in [-0.15, -0.1) is 0 Å². The molecule has 0 aromatic carbocycles. The van der Waals surface area contributed by atoms with Gasteiger partial charge in [-0.2, -0.15) is 11.8 Å². The van der Waals surface area contributed by atoms with E-state index in [-0.39, 0.29) is 5.41 Å². The number of aromatic nitrogens is 3. The van der Waals surface area contributed by atoms with Crippen LogP contribution in [0.4, 0.5) is 11.5 Å². The van der Waals surface area contributed by atoms with Crippen LogP contribution in [0.1, 0.15) is 70.2 Å². The Labute approximate surface area is 244 Å². The second-order valence-electron chi connectivity index (χ2n) is 12.5. The lowest BCUT2D eigenvalue weighted by Crippen LogP contribution is -2.43. The predicted molar refractivity (Wildman–Crippen MR) is 165 cm³/mol. The molecular weight excluding hydrogens is 518 g/mol. The summed E-state index contributed by atoms with van der Waals surface area (Å²) in [7, 11) is 0. The van der Waals surface area contributed by atoms with Crippen molar-refractivity contribution in [2.45, 2.75) is 83.2 Å². The normalized spacial score (nSPS) is 19.5. The highest BCUT2D eigenvalue weighted by atomic mass is 32.2. The third kappa shape index (κ3) is 8.32. The Hall–Kier alpha value is -2.39. The summed E-state index contributed by atoms with van der Waals surface area (Å²) >= 11 is 2.07. The molecule has 5 rings (SSSR count). The standard InChI is InChI=1S/C31H47N7OS/c1-23-20-29(34-22-33-23)36-26-7-13-37(14-8-26)17-19-40-18-11-31(2,3)28-21-27(6-12-32-28)35-25-9-15-38(16-10-25)30(39)24-4-5-24/h6,12,20-22,24-26H,4-5,7-11,13-19H2,1-3H3,(H,32,35)(H,33,34,36). The molecule has 1 amide bonds. The Morgan fingerprint density at radius 2 is 1.68 bits per heavy atom. The van der Waals surface area contributed by atoms with Crippen molar-refractivity contribution in [3.63, 3.8) is 0 Å². The van der Waals surface area contributed by atoms with Gasteiger partial charge in [0, 0.05) is 91.2 Å². The second kappa shape index (κ2) is 13.5. The van der Waals surface area contributed by atoms with Crippen molar-refractivity contribution in [1.29, 1.82) is 0 Å². The minimum Gasteiger partial charge on any atom is -0.382 e. The summed E-state index contributed by atoms with van der Waals surface area (Å²) in [4.78, 5) is 30.3. The number of piperidine rings is 2. The molecule has 3 fully saturated rings. The van der Waals surface area contributed by atoms with E-state index in [1.54, 1.807) is 6.33 Å². The van der Waals surface area contributed by atoms with Crippen molar-refractivity contribution in [3.05, 3.63) is 42.1 Å². The van der Waals surface area contributed by atoms with Gasteiger partial charge in [-0.05, 0) is 69.8 Å². The Kier molecular flexibility index (Phi) is 9.84. The quantitative estimate of drug-likeness (QED) is 0.349. The van der Waals surface area contributed by atoms with Gasteiger partial charge >= 0.3 is 0 Å². The van der Waals surface area contributed by atoms with Crippen LogP contribution >= 0.6 is 11.8 Å². The summed E-state index contributed by atoms with van der Waals surface area (Å²) in [5.74, 6) is 3.98. The van der Waals surface area contributed by atoms with E-state index < -0.39 is 0 Å². The lowest BCUT2D eigenvalue weighted by atomic mass is 9.86. The van der Waals surface area contributed by atoms with E-state index in [9.17, 15) is 4.79 Å². The van der Waals surface area contributed by atoms with Gasteiger partial charge in [0.25, 0.3) is 0 Å². The molecule has 0 atom stereocenters. The first-order valence-electron chi connectivity index (χ1n) is 15.2. The molecule has 40 heavy (non-hydrogen) atoms. The maximum Gasteiger partial charge on any atom is 0.225 e. The predicted octanol–water partition coefficient (Wildman–Crippen LogP) is 4.97. The minimum absolute atomic E-state index is 0.0358. The van der Waals surface area contributed by atoms with E-state index in [1.165, 1.54) is 5.75 Å². The van der Waals surface area contributed by atoms with Crippen molar-refractivity contribution < 1.29 is 4.79 Å². The number of pyridine rings is 1. The summed E-state index contributed by atoms with van der Waals surface area (Å²) in [6.45, 7) is 11.9. The minimum atomic E-state index is 0.0358. The van der Waals surface area contributed by atoms with Crippen LogP contribution in [-0.2, 0) is 10.2 Å². The average Bonchev–Trinajstić information content (AvgIpc) is 3.80. The highest BCUT2D eigenvalue weighted by molar-refractivity contribution is 7.99.